The number of benzene rings is 1. The predicted octanol–water partition coefficient (Wildman–Crippen LogP) is 2.57. The molecule has 2 nitrogen and oxygen atoms in total. The Morgan fingerprint density at radius 2 is 2.07 bits per heavy atom. The van der Waals surface area contributed by atoms with E-state index in [2.05, 4.69) is 0 Å². The van der Waals surface area contributed by atoms with Crippen molar-refractivity contribution < 1.29 is 4.42 Å². The zero-order valence-electron chi connectivity index (χ0n) is 7.50. The van der Waals surface area contributed by atoms with E-state index in [1.165, 1.54) is 0 Å². The zero-order valence-corrected chi connectivity index (χ0v) is 8.25. The van der Waals surface area contributed by atoms with Crippen molar-refractivity contribution in [1.82, 2.24) is 0 Å². The molecule has 0 aliphatic heterocycles. The molecule has 0 amide bonds. The van der Waals surface area contributed by atoms with Crippen LogP contribution in [0.25, 0.3) is 11.0 Å². The number of rotatable bonds is 2. The van der Waals surface area contributed by atoms with Gasteiger partial charge in [-0.1, -0.05) is 18.2 Å². The minimum Gasteiger partial charge on any atom is -0.423 e. The Hall–Kier alpha value is -1.28. The first-order valence-electron chi connectivity index (χ1n) is 4.39. The quantitative estimate of drug-likeness (QED) is 0.561. The van der Waals surface area contributed by atoms with Gasteiger partial charge in [0.25, 0.3) is 0 Å². The smallest absolute Gasteiger partial charge is 0.339 e. The molecule has 0 atom stereocenters. The molecule has 14 heavy (non-hydrogen) atoms. The van der Waals surface area contributed by atoms with E-state index in [0.29, 0.717) is 23.4 Å². The molecule has 0 N–H and O–H groups in total. The molecule has 2 aromatic rings. The lowest BCUT2D eigenvalue weighted by molar-refractivity contribution is 0.551. The molecule has 0 saturated carbocycles. The van der Waals surface area contributed by atoms with Gasteiger partial charge in [-0.15, -0.1) is 11.6 Å². The van der Waals surface area contributed by atoms with Crippen molar-refractivity contribution >= 4 is 22.6 Å². The summed E-state index contributed by atoms with van der Waals surface area (Å²) in [5.41, 5.74) is 0.971. The van der Waals surface area contributed by atoms with Gasteiger partial charge in [-0.05, 0) is 18.6 Å². The number of para-hydroxylation sites is 1. The van der Waals surface area contributed by atoms with Gasteiger partial charge in [0.15, 0.2) is 0 Å². The van der Waals surface area contributed by atoms with Crippen molar-refractivity contribution in [2.45, 2.75) is 6.42 Å². The van der Waals surface area contributed by atoms with Crippen LogP contribution < -0.4 is 5.63 Å². The Balaban J connectivity index is 2.65. The second-order valence-corrected chi connectivity index (χ2v) is 3.41. The van der Waals surface area contributed by atoms with Crippen LogP contribution >= 0.6 is 11.6 Å². The first kappa shape index (κ1) is 9.28. The maximum absolute atomic E-state index is 11.4. The highest BCUT2D eigenvalue weighted by molar-refractivity contribution is 6.18. The molecule has 0 spiro atoms. The third-order valence-electron chi connectivity index (χ3n) is 2.08. The van der Waals surface area contributed by atoms with E-state index in [1.807, 2.05) is 24.3 Å². The fourth-order valence-corrected chi connectivity index (χ4v) is 1.58. The summed E-state index contributed by atoms with van der Waals surface area (Å²) in [4.78, 5) is 11.4. The Bertz CT molecular complexity index is 502. The van der Waals surface area contributed by atoms with Gasteiger partial charge in [-0.25, -0.2) is 4.79 Å². The second kappa shape index (κ2) is 3.84. The van der Waals surface area contributed by atoms with E-state index >= 15 is 0 Å². The van der Waals surface area contributed by atoms with Gasteiger partial charge in [0.1, 0.15) is 5.58 Å². The molecule has 2 rings (SSSR count). The molecular formula is C11H9ClO2. The topological polar surface area (TPSA) is 30.2 Å². The van der Waals surface area contributed by atoms with Crippen molar-refractivity contribution in [3.63, 3.8) is 0 Å². The Morgan fingerprint density at radius 3 is 2.86 bits per heavy atom. The molecule has 0 unspecified atom stereocenters. The molecule has 1 aromatic carbocycles. The van der Waals surface area contributed by atoms with E-state index in [1.54, 1.807) is 6.07 Å². The zero-order chi connectivity index (χ0) is 9.97. The van der Waals surface area contributed by atoms with E-state index in [9.17, 15) is 4.79 Å². The summed E-state index contributed by atoms with van der Waals surface area (Å²) >= 11 is 5.58. The van der Waals surface area contributed by atoms with Crippen molar-refractivity contribution in [2.75, 3.05) is 5.88 Å². The minimum absolute atomic E-state index is 0.288. The van der Waals surface area contributed by atoms with Crippen LogP contribution in [0.4, 0.5) is 0 Å². The van der Waals surface area contributed by atoms with Crippen molar-refractivity contribution in [2.24, 2.45) is 0 Å². The summed E-state index contributed by atoms with van der Waals surface area (Å²) in [5.74, 6) is 0.434. The molecule has 0 aliphatic carbocycles. The monoisotopic (exact) mass is 208 g/mol. The first-order valence-corrected chi connectivity index (χ1v) is 4.92. The normalized spacial score (nSPS) is 10.6. The summed E-state index contributed by atoms with van der Waals surface area (Å²) in [5, 5.41) is 0.937. The standard InChI is InChI=1S/C11H9ClO2/c12-6-5-9-7-8-3-1-2-4-10(8)14-11(9)13/h1-4,7H,5-6H2. The van der Waals surface area contributed by atoms with Crippen molar-refractivity contribution in [3.8, 4) is 0 Å². The molecule has 0 saturated heterocycles. The maximum Gasteiger partial charge on any atom is 0.339 e. The third-order valence-corrected chi connectivity index (χ3v) is 2.27. The fourth-order valence-electron chi connectivity index (χ4n) is 1.38. The molecule has 1 heterocycles. The van der Waals surface area contributed by atoms with Gasteiger partial charge in [0.2, 0.25) is 0 Å². The second-order valence-electron chi connectivity index (χ2n) is 3.04. The largest absolute Gasteiger partial charge is 0.423 e. The molecule has 72 valence electrons. The van der Waals surface area contributed by atoms with Gasteiger partial charge in [0, 0.05) is 16.8 Å². The summed E-state index contributed by atoms with van der Waals surface area (Å²) in [6.45, 7) is 0. The summed E-state index contributed by atoms with van der Waals surface area (Å²) < 4.78 is 5.13. The molecule has 0 aliphatic rings. The molecule has 0 fully saturated rings. The van der Waals surface area contributed by atoms with Gasteiger partial charge in [0.05, 0.1) is 0 Å². The highest BCUT2D eigenvalue weighted by atomic mass is 35.5. The van der Waals surface area contributed by atoms with Crippen LogP contribution in [0, 0.1) is 0 Å². The Labute approximate surface area is 86.1 Å². The summed E-state index contributed by atoms with van der Waals surface area (Å²) in [6.07, 6.45) is 0.550. The van der Waals surface area contributed by atoms with Crippen LogP contribution in [-0.2, 0) is 6.42 Å². The Kier molecular flexibility index (Phi) is 2.55. The van der Waals surface area contributed by atoms with E-state index < -0.39 is 0 Å². The van der Waals surface area contributed by atoms with Gasteiger partial charge in [-0.3, -0.25) is 0 Å². The molecule has 3 heteroatoms. The van der Waals surface area contributed by atoms with Crippen LogP contribution in [0.2, 0.25) is 0 Å². The van der Waals surface area contributed by atoms with Crippen LogP contribution in [0.1, 0.15) is 5.56 Å². The number of hydrogen-bond donors (Lipinski definition) is 0. The van der Waals surface area contributed by atoms with E-state index in [-0.39, 0.29) is 5.63 Å². The van der Waals surface area contributed by atoms with Gasteiger partial charge >= 0.3 is 5.63 Å². The number of fused-ring (bicyclic) bond motifs is 1. The predicted molar refractivity (Wildman–Crippen MR) is 56.9 cm³/mol. The highest BCUT2D eigenvalue weighted by Crippen LogP contribution is 2.12. The summed E-state index contributed by atoms with van der Waals surface area (Å²) in [6, 6.07) is 9.28. The lowest BCUT2D eigenvalue weighted by atomic mass is 10.1. The number of halogens is 1. The van der Waals surface area contributed by atoms with Crippen LogP contribution in [-0.4, -0.2) is 5.88 Å². The first-order chi connectivity index (χ1) is 6.81. The van der Waals surface area contributed by atoms with Crippen molar-refractivity contribution in [3.05, 3.63) is 46.3 Å². The molecule has 0 radical (unpaired) electrons. The average molecular weight is 209 g/mol. The van der Waals surface area contributed by atoms with Crippen LogP contribution in [0.3, 0.4) is 0 Å². The van der Waals surface area contributed by atoms with Crippen molar-refractivity contribution in [1.29, 1.82) is 0 Å². The Morgan fingerprint density at radius 1 is 1.29 bits per heavy atom. The van der Waals surface area contributed by atoms with Gasteiger partial charge in [-0.2, -0.15) is 0 Å². The number of alkyl halides is 1. The number of aryl methyl sites for hydroxylation is 1. The fraction of sp³-hybridized carbons (Fsp3) is 0.182. The van der Waals surface area contributed by atoms with Crippen LogP contribution in [0.15, 0.2) is 39.5 Å². The van der Waals surface area contributed by atoms with E-state index in [4.69, 9.17) is 16.0 Å². The molecule has 0 bridgehead atoms. The SMILES string of the molecule is O=c1oc2ccccc2cc1CCCl. The summed E-state index contributed by atoms with van der Waals surface area (Å²) in [7, 11) is 0. The third kappa shape index (κ3) is 1.66. The molecular weight excluding hydrogens is 200 g/mol. The minimum atomic E-state index is -0.288. The maximum atomic E-state index is 11.4. The molecule has 1 aromatic heterocycles. The highest BCUT2D eigenvalue weighted by Gasteiger charge is 2.03. The number of hydrogen-bond acceptors (Lipinski definition) is 2. The van der Waals surface area contributed by atoms with Crippen LogP contribution in [0.5, 0.6) is 0 Å². The average Bonchev–Trinajstić information content (AvgIpc) is 2.19. The van der Waals surface area contributed by atoms with E-state index in [0.717, 1.165) is 5.39 Å². The van der Waals surface area contributed by atoms with Gasteiger partial charge < -0.3 is 4.42 Å². The lowest BCUT2D eigenvalue weighted by Crippen LogP contribution is -2.07. The lowest BCUT2D eigenvalue weighted by Gasteiger charge is -1.98.